The molecule has 82 valence electrons. The van der Waals surface area contributed by atoms with Gasteiger partial charge in [0.2, 0.25) is 0 Å². The van der Waals surface area contributed by atoms with Crippen molar-refractivity contribution < 1.29 is 9.90 Å². The summed E-state index contributed by atoms with van der Waals surface area (Å²) in [5, 5.41) is 9.29. The number of carbonyl (C=O) groups is 1. The average Bonchev–Trinajstić information content (AvgIpc) is 2.14. The van der Waals surface area contributed by atoms with Crippen molar-refractivity contribution >= 4 is 5.78 Å². The van der Waals surface area contributed by atoms with Gasteiger partial charge in [-0.3, -0.25) is 4.79 Å². The Hall–Kier alpha value is -1.31. The summed E-state index contributed by atoms with van der Waals surface area (Å²) in [6.07, 6.45) is 0. The van der Waals surface area contributed by atoms with E-state index in [-0.39, 0.29) is 22.9 Å². The van der Waals surface area contributed by atoms with E-state index in [4.69, 9.17) is 0 Å². The molecule has 0 saturated heterocycles. The molecule has 0 aliphatic heterocycles. The first-order chi connectivity index (χ1) is 6.82. The number of carbonyl (C=O) groups excluding carboxylic acids is 1. The van der Waals surface area contributed by atoms with Gasteiger partial charge in [-0.2, -0.15) is 0 Å². The second-order valence-electron chi connectivity index (χ2n) is 5.00. The molecule has 1 unspecified atom stereocenters. The molecule has 0 fully saturated rings. The fourth-order valence-corrected chi connectivity index (χ4v) is 1.30. The van der Waals surface area contributed by atoms with Gasteiger partial charge in [0, 0.05) is 11.5 Å². The summed E-state index contributed by atoms with van der Waals surface area (Å²) >= 11 is 0. The lowest BCUT2D eigenvalue weighted by molar-refractivity contribution is 0.0839. The molecule has 1 atom stereocenters. The molecular formula is C13H18O2. The number of Topliss-reactive ketones (excluding diaryl/α,β-unsaturated/α-hetero) is 1. The van der Waals surface area contributed by atoms with Crippen LogP contribution in [0.4, 0.5) is 0 Å². The van der Waals surface area contributed by atoms with Crippen molar-refractivity contribution in [1.82, 2.24) is 0 Å². The largest absolute Gasteiger partial charge is 0.508 e. The highest BCUT2D eigenvalue weighted by atomic mass is 16.3. The molecule has 1 rings (SSSR count). The molecule has 1 N–H and O–H groups in total. The Morgan fingerprint density at radius 3 is 2.40 bits per heavy atom. The predicted octanol–water partition coefficient (Wildman–Crippen LogP) is 3.26. The number of aromatic hydroxyl groups is 1. The lowest BCUT2D eigenvalue weighted by Gasteiger charge is -2.25. The van der Waals surface area contributed by atoms with E-state index in [1.165, 1.54) is 6.07 Å². The van der Waals surface area contributed by atoms with Crippen molar-refractivity contribution in [2.45, 2.75) is 27.7 Å². The summed E-state index contributed by atoms with van der Waals surface area (Å²) in [5.74, 6) is 0.166. The summed E-state index contributed by atoms with van der Waals surface area (Å²) in [6.45, 7) is 8.04. The van der Waals surface area contributed by atoms with E-state index in [9.17, 15) is 9.90 Å². The lowest BCUT2D eigenvalue weighted by Crippen LogP contribution is -2.25. The first-order valence-corrected chi connectivity index (χ1v) is 5.15. The molecule has 15 heavy (non-hydrogen) atoms. The van der Waals surface area contributed by atoms with Crippen molar-refractivity contribution in [2.75, 3.05) is 0 Å². The average molecular weight is 206 g/mol. The third-order valence-electron chi connectivity index (χ3n) is 2.82. The molecule has 2 heteroatoms. The van der Waals surface area contributed by atoms with Gasteiger partial charge in [0.1, 0.15) is 5.75 Å². The minimum absolute atomic E-state index is 0.0530. The summed E-state index contributed by atoms with van der Waals surface area (Å²) in [5.41, 5.74) is 0.528. The van der Waals surface area contributed by atoms with Crippen LogP contribution in [0.25, 0.3) is 0 Å². The van der Waals surface area contributed by atoms with Crippen LogP contribution in [-0.4, -0.2) is 10.9 Å². The van der Waals surface area contributed by atoms with Crippen LogP contribution >= 0.6 is 0 Å². The molecular weight excluding hydrogens is 188 g/mol. The van der Waals surface area contributed by atoms with Gasteiger partial charge in [-0.15, -0.1) is 0 Å². The highest BCUT2D eigenvalue weighted by Gasteiger charge is 2.27. The van der Waals surface area contributed by atoms with Crippen molar-refractivity contribution in [1.29, 1.82) is 0 Å². The minimum atomic E-state index is -0.0562. The molecule has 1 aromatic carbocycles. The molecule has 0 saturated carbocycles. The van der Waals surface area contributed by atoms with Crippen molar-refractivity contribution in [3.63, 3.8) is 0 Å². The number of phenolic OH excluding ortho intramolecular Hbond substituents is 1. The second-order valence-corrected chi connectivity index (χ2v) is 5.00. The van der Waals surface area contributed by atoms with E-state index in [0.29, 0.717) is 5.56 Å². The van der Waals surface area contributed by atoms with Crippen LogP contribution in [0.5, 0.6) is 5.75 Å². The molecule has 0 aliphatic carbocycles. The smallest absolute Gasteiger partial charge is 0.166 e. The Labute approximate surface area is 90.9 Å². The highest BCUT2D eigenvalue weighted by Crippen LogP contribution is 2.29. The minimum Gasteiger partial charge on any atom is -0.508 e. The number of rotatable bonds is 2. The van der Waals surface area contributed by atoms with Crippen LogP contribution in [0, 0.1) is 11.3 Å². The monoisotopic (exact) mass is 206 g/mol. The SMILES string of the molecule is CC(C(=O)c1cccc(O)c1)C(C)(C)C. The van der Waals surface area contributed by atoms with Crippen LogP contribution in [-0.2, 0) is 0 Å². The molecule has 0 heterocycles. The van der Waals surface area contributed by atoms with Crippen molar-refractivity contribution in [3.8, 4) is 5.75 Å². The lowest BCUT2D eigenvalue weighted by atomic mass is 9.78. The summed E-state index contributed by atoms with van der Waals surface area (Å²) in [6, 6.07) is 6.52. The highest BCUT2D eigenvalue weighted by molar-refractivity contribution is 5.98. The zero-order chi connectivity index (χ0) is 11.6. The zero-order valence-electron chi connectivity index (χ0n) is 9.74. The number of phenols is 1. The Bertz CT molecular complexity index is 361. The molecule has 1 aromatic rings. The zero-order valence-corrected chi connectivity index (χ0v) is 9.74. The van der Waals surface area contributed by atoms with E-state index in [1.54, 1.807) is 18.2 Å². The number of hydrogen-bond donors (Lipinski definition) is 1. The number of benzene rings is 1. The standard InChI is InChI=1S/C13H18O2/c1-9(13(2,3)4)12(15)10-6-5-7-11(14)8-10/h5-9,14H,1-4H3. The maximum atomic E-state index is 12.0. The summed E-state index contributed by atoms with van der Waals surface area (Å²) in [4.78, 5) is 12.0. The third-order valence-corrected chi connectivity index (χ3v) is 2.82. The van der Waals surface area contributed by atoms with E-state index in [2.05, 4.69) is 0 Å². The van der Waals surface area contributed by atoms with Gasteiger partial charge in [-0.25, -0.2) is 0 Å². The normalized spacial score (nSPS) is 13.6. The maximum Gasteiger partial charge on any atom is 0.166 e. The maximum absolute atomic E-state index is 12.0. The van der Waals surface area contributed by atoms with E-state index < -0.39 is 0 Å². The first kappa shape index (κ1) is 11.8. The van der Waals surface area contributed by atoms with Crippen LogP contribution in [0.3, 0.4) is 0 Å². The number of hydrogen-bond acceptors (Lipinski definition) is 2. The number of ketones is 1. The summed E-state index contributed by atoms with van der Waals surface area (Å²) in [7, 11) is 0. The molecule has 0 aliphatic rings. The van der Waals surface area contributed by atoms with E-state index in [1.807, 2.05) is 27.7 Å². The Kier molecular flexibility index (Phi) is 3.18. The Balaban J connectivity index is 2.95. The van der Waals surface area contributed by atoms with Crippen LogP contribution < -0.4 is 0 Å². The van der Waals surface area contributed by atoms with Gasteiger partial charge in [0.25, 0.3) is 0 Å². The van der Waals surface area contributed by atoms with Gasteiger partial charge in [-0.1, -0.05) is 39.8 Å². The van der Waals surface area contributed by atoms with Gasteiger partial charge < -0.3 is 5.11 Å². The van der Waals surface area contributed by atoms with Crippen LogP contribution in [0.1, 0.15) is 38.1 Å². The van der Waals surface area contributed by atoms with Gasteiger partial charge in [0.15, 0.2) is 5.78 Å². The Morgan fingerprint density at radius 2 is 1.93 bits per heavy atom. The summed E-state index contributed by atoms with van der Waals surface area (Å²) < 4.78 is 0. The van der Waals surface area contributed by atoms with Crippen molar-refractivity contribution in [2.24, 2.45) is 11.3 Å². The van der Waals surface area contributed by atoms with Gasteiger partial charge >= 0.3 is 0 Å². The molecule has 0 spiro atoms. The Morgan fingerprint density at radius 1 is 1.33 bits per heavy atom. The van der Waals surface area contributed by atoms with E-state index >= 15 is 0 Å². The van der Waals surface area contributed by atoms with Crippen molar-refractivity contribution in [3.05, 3.63) is 29.8 Å². The molecule has 0 aromatic heterocycles. The van der Waals surface area contributed by atoms with Crippen LogP contribution in [0.15, 0.2) is 24.3 Å². The fourth-order valence-electron chi connectivity index (χ4n) is 1.30. The van der Waals surface area contributed by atoms with Crippen LogP contribution in [0.2, 0.25) is 0 Å². The molecule has 2 nitrogen and oxygen atoms in total. The molecule has 0 amide bonds. The van der Waals surface area contributed by atoms with Gasteiger partial charge in [0.05, 0.1) is 0 Å². The predicted molar refractivity (Wildman–Crippen MR) is 61.1 cm³/mol. The third kappa shape index (κ3) is 2.82. The molecule has 0 radical (unpaired) electrons. The second kappa shape index (κ2) is 4.05. The topological polar surface area (TPSA) is 37.3 Å². The fraction of sp³-hybridized carbons (Fsp3) is 0.462. The molecule has 0 bridgehead atoms. The quantitative estimate of drug-likeness (QED) is 0.754. The first-order valence-electron chi connectivity index (χ1n) is 5.15. The van der Waals surface area contributed by atoms with Gasteiger partial charge in [-0.05, 0) is 17.5 Å². The van der Waals surface area contributed by atoms with E-state index in [0.717, 1.165) is 0 Å².